The van der Waals surface area contributed by atoms with Crippen molar-refractivity contribution in [2.24, 2.45) is 5.73 Å². The van der Waals surface area contributed by atoms with E-state index >= 15 is 0 Å². The van der Waals surface area contributed by atoms with Gasteiger partial charge in [0, 0.05) is 0 Å². The minimum Gasteiger partial charge on any atom is -0.477 e. The van der Waals surface area contributed by atoms with Crippen LogP contribution in [0.5, 0.6) is 5.75 Å². The molecule has 3 nitrogen and oxygen atoms in total. The summed E-state index contributed by atoms with van der Waals surface area (Å²) in [7, 11) is 0. The van der Waals surface area contributed by atoms with Gasteiger partial charge in [-0.1, -0.05) is 24.6 Å². The lowest BCUT2D eigenvalue weighted by Crippen LogP contribution is -2.50. The number of para-hydroxylation sites is 1. The van der Waals surface area contributed by atoms with Crippen molar-refractivity contribution < 1.29 is 9.53 Å². The Balaban J connectivity index is 2.24. The third kappa shape index (κ3) is 2.43. The SMILES string of the molecule is Cc1ccccc1OC1(C(N)=O)CCCCC1. The number of hydrogen-bond acceptors (Lipinski definition) is 2. The van der Waals surface area contributed by atoms with Crippen molar-refractivity contribution in [3.63, 3.8) is 0 Å². The molecule has 0 heterocycles. The fraction of sp³-hybridized carbons (Fsp3) is 0.500. The number of hydrogen-bond donors (Lipinski definition) is 1. The zero-order valence-corrected chi connectivity index (χ0v) is 10.2. The average molecular weight is 233 g/mol. The summed E-state index contributed by atoms with van der Waals surface area (Å²) in [6, 6.07) is 7.75. The van der Waals surface area contributed by atoms with Gasteiger partial charge in [0.1, 0.15) is 5.75 Å². The van der Waals surface area contributed by atoms with Crippen LogP contribution in [0.25, 0.3) is 0 Å². The van der Waals surface area contributed by atoms with Crippen LogP contribution in [0.4, 0.5) is 0 Å². The maximum Gasteiger partial charge on any atom is 0.261 e. The molecule has 2 N–H and O–H groups in total. The van der Waals surface area contributed by atoms with Crippen LogP contribution < -0.4 is 10.5 Å². The van der Waals surface area contributed by atoms with E-state index in [9.17, 15) is 4.79 Å². The second-order valence-electron chi connectivity index (χ2n) is 4.79. The maximum absolute atomic E-state index is 11.7. The van der Waals surface area contributed by atoms with Gasteiger partial charge in [-0.15, -0.1) is 0 Å². The smallest absolute Gasteiger partial charge is 0.261 e. The molecule has 92 valence electrons. The van der Waals surface area contributed by atoms with Gasteiger partial charge in [0.05, 0.1) is 0 Å². The lowest BCUT2D eigenvalue weighted by Gasteiger charge is -2.35. The molecule has 0 spiro atoms. The molecule has 0 aromatic heterocycles. The highest BCUT2D eigenvalue weighted by Gasteiger charge is 2.40. The molecule has 1 aromatic carbocycles. The number of primary amides is 1. The molecule has 1 aromatic rings. The zero-order valence-electron chi connectivity index (χ0n) is 10.2. The third-order valence-electron chi connectivity index (χ3n) is 3.51. The fourth-order valence-corrected chi connectivity index (χ4v) is 2.40. The molecule has 0 atom stereocenters. The topological polar surface area (TPSA) is 52.3 Å². The van der Waals surface area contributed by atoms with Gasteiger partial charge >= 0.3 is 0 Å². The predicted octanol–water partition coefficient (Wildman–Crippen LogP) is 2.56. The molecule has 1 amide bonds. The van der Waals surface area contributed by atoms with Crippen LogP contribution in [0, 0.1) is 6.92 Å². The van der Waals surface area contributed by atoms with Crippen LogP contribution in [0.15, 0.2) is 24.3 Å². The Morgan fingerprint density at radius 2 is 1.88 bits per heavy atom. The Hall–Kier alpha value is -1.51. The van der Waals surface area contributed by atoms with Crippen LogP contribution >= 0.6 is 0 Å². The van der Waals surface area contributed by atoms with Gasteiger partial charge < -0.3 is 10.5 Å². The lowest BCUT2D eigenvalue weighted by molar-refractivity contribution is -0.136. The monoisotopic (exact) mass is 233 g/mol. The van der Waals surface area contributed by atoms with Crippen molar-refractivity contribution in [3.8, 4) is 5.75 Å². The highest BCUT2D eigenvalue weighted by Crippen LogP contribution is 2.33. The number of aryl methyl sites for hydroxylation is 1. The van der Waals surface area contributed by atoms with Gasteiger partial charge in [-0.3, -0.25) is 4.79 Å². The first-order valence-corrected chi connectivity index (χ1v) is 6.19. The molecule has 0 bridgehead atoms. The van der Waals surface area contributed by atoms with Gasteiger partial charge in [0.2, 0.25) is 0 Å². The molecule has 1 aliphatic carbocycles. The molecule has 0 aliphatic heterocycles. The van der Waals surface area contributed by atoms with Crippen LogP contribution in [-0.2, 0) is 4.79 Å². The number of ether oxygens (including phenoxy) is 1. The summed E-state index contributed by atoms with van der Waals surface area (Å²) in [5.74, 6) is 0.439. The minimum absolute atomic E-state index is 0.333. The standard InChI is InChI=1S/C14H19NO2/c1-11-7-3-4-8-12(11)17-14(13(15)16)9-5-2-6-10-14/h3-4,7-8H,2,5-6,9-10H2,1H3,(H2,15,16). The Morgan fingerprint density at radius 3 is 2.47 bits per heavy atom. The molecule has 3 heteroatoms. The summed E-state index contributed by atoms with van der Waals surface area (Å²) < 4.78 is 5.96. The van der Waals surface area contributed by atoms with E-state index in [1.54, 1.807) is 0 Å². The predicted molar refractivity (Wildman–Crippen MR) is 66.8 cm³/mol. The first-order chi connectivity index (χ1) is 8.14. The van der Waals surface area contributed by atoms with Gasteiger partial charge in [-0.2, -0.15) is 0 Å². The number of carbonyl (C=O) groups is 1. The van der Waals surface area contributed by atoms with Crippen molar-refractivity contribution >= 4 is 5.91 Å². The number of rotatable bonds is 3. The van der Waals surface area contributed by atoms with Crippen LogP contribution in [0.3, 0.4) is 0 Å². The largest absolute Gasteiger partial charge is 0.477 e. The zero-order chi connectivity index (χ0) is 12.3. The summed E-state index contributed by atoms with van der Waals surface area (Å²) in [6.07, 6.45) is 4.64. The van der Waals surface area contributed by atoms with E-state index in [0.29, 0.717) is 0 Å². The van der Waals surface area contributed by atoms with Crippen LogP contribution in [0.2, 0.25) is 0 Å². The summed E-state index contributed by atoms with van der Waals surface area (Å²) >= 11 is 0. The number of benzene rings is 1. The van der Waals surface area contributed by atoms with Crippen molar-refractivity contribution in [3.05, 3.63) is 29.8 Å². The number of carbonyl (C=O) groups excluding carboxylic acids is 1. The summed E-state index contributed by atoms with van der Waals surface area (Å²) in [5.41, 5.74) is 5.79. The molecule has 0 unspecified atom stereocenters. The van der Waals surface area contributed by atoms with Crippen molar-refractivity contribution in [2.75, 3.05) is 0 Å². The van der Waals surface area contributed by atoms with Gasteiger partial charge in [-0.25, -0.2) is 0 Å². The van der Waals surface area contributed by atoms with Crippen molar-refractivity contribution in [1.82, 2.24) is 0 Å². The van der Waals surface area contributed by atoms with E-state index in [1.807, 2.05) is 31.2 Å². The fourth-order valence-electron chi connectivity index (χ4n) is 2.40. The van der Waals surface area contributed by atoms with E-state index in [0.717, 1.165) is 43.4 Å². The van der Waals surface area contributed by atoms with Gasteiger partial charge in [-0.05, 0) is 44.2 Å². The molecule has 2 rings (SSSR count). The van der Waals surface area contributed by atoms with Crippen molar-refractivity contribution in [1.29, 1.82) is 0 Å². The molecule has 0 radical (unpaired) electrons. The molecule has 1 saturated carbocycles. The normalized spacial score (nSPS) is 18.6. The lowest BCUT2D eigenvalue weighted by atomic mass is 9.84. The van der Waals surface area contributed by atoms with E-state index in [-0.39, 0.29) is 5.91 Å². The maximum atomic E-state index is 11.7. The molecule has 17 heavy (non-hydrogen) atoms. The Kier molecular flexibility index (Phi) is 3.36. The average Bonchev–Trinajstić information content (AvgIpc) is 2.33. The molecule has 1 fully saturated rings. The summed E-state index contributed by atoms with van der Waals surface area (Å²) in [4.78, 5) is 11.7. The first-order valence-electron chi connectivity index (χ1n) is 6.19. The van der Waals surface area contributed by atoms with Gasteiger partial charge in [0.15, 0.2) is 5.60 Å². The molecule has 1 aliphatic rings. The number of amides is 1. The highest BCUT2D eigenvalue weighted by molar-refractivity contribution is 5.84. The van der Waals surface area contributed by atoms with E-state index in [2.05, 4.69) is 0 Å². The quantitative estimate of drug-likeness (QED) is 0.872. The highest BCUT2D eigenvalue weighted by atomic mass is 16.5. The van der Waals surface area contributed by atoms with E-state index in [4.69, 9.17) is 10.5 Å². The molecule has 0 saturated heterocycles. The first kappa shape index (κ1) is 12.0. The van der Waals surface area contributed by atoms with Crippen LogP contribution in [0.1, 0.15) is 37.7 Å². The third-order valence-corrected chi connectivity index (χ3v) is 3.51. The second-order valence-corrected chi connectivity index (χ2v) is 4.79. The van der Waals surface area contributed by atoms with Gasteiger partial charge in [0.25, 0.3) is 5.91 Å². The van der Waals surface area contributed by atoms with E-state index in [1.165, 1.54) is 0 Å². The summed E-state index contributed by atoms with van der Waals surface area (Å²) in [6.45, 7) is 1.98. The second kappa shape index (κ2) is 4.78. The van der Waals surface area contributed by atoms with E-state index < -0.39 is 5.60 Å². The van der Waals surface area contributed by atoms with Crippen molar-refractivity contribution in [2.45, 2.75) is 44.6 Å². The van der Waals surface area contributed by atoms with Crippen LogP contribution in [-0.4, -0.2) is 11.5 Å². The Labute approximate surface area is 102 Å². The number of nitrogens with two attached hydrogens (primary N) is 1. The molecular weight excluding hydrogens is 214 g/mol. The Bertz CT molecular complexity index is 408. The summed E-state index contributed by atoms with van der Waals surface area (Å²) in [5, 5.41) is 0. The molecular formula is C14H19NO2. The minimum atomic E-state index is -0.787. The Morgan fingerprint density at radius 1 is 1.24 bits per heavy atom.